The van der Waals surface area contributed by atoms with Crippen molar-refractivity contribution in [2.75, 3.05) is 13.1 Å². The van der Waals surface area contributed by atoms with Gasteiger partial charge in [0.25, 0.3) is 0 Å². The Hall–Kier alpha value is -0.450. The molecule has 0 bridgehead atoms. The Morgan fingerprint density at radius 2 is 2.00 bits per heavy atom. The summed E-state index contributed by atoms with van der Waals surface area (Å²) in [4.78, 5) is 2.55. The number of hydrogen-bond acceptors (Lipinski definition) is 2. The second-order valence-corrected chi connectivity index (χ2v) is 7.58. The minimum absolute atomic E-state index is 0.148. The van der Waals surface area contributed by atoms with Gasteiger partial charge in [0.05, 0.1) is 4.47 Å². The normalized spacial score (nSPS) is 30.6. The molecule has 1 aromatic rings. The third-order valence-corrected chi connectivity index (χ3v) is 5.71. The van der Waals surface area contributed by atoms with Crippen LogP contribution >= 0.6 is 15.9 Å². The predicted molar refractivity (Wildman–Crippen MR) is 89.9 cm³/mol. The second-order valence-electron chi connectivity index (χ2n) is 6.72. The van der Waals surface area contributed by atoms with Crippen LogP contribution < -0.4 is 5.32 Å². The first kappa shape index (κ1) is 16.9. The van der Waals surface area contributed by atoms with E-state index >= 15 is 0 Å². The molecule has 1 N–H and O–H groups in total. The van der Waals surface area contributed by atoms with Crippen LogP contribution in [-0.2, 0) is 6.54 Å². The van der Waals surface area contributed by atoms with Crippen molar-refractivity contribution in [3.8, 4) is 0 Å². The number of halogens is 2. The van der Waals surface area contributed by atoms with Crippen LogP contribution in [0.3, 0.4) is 0 Å². The molecular formula is C17H26BrFN2. The molecule has 2 rings (SSSR count). The molecule has 1 fully saturated rings. The third-order valence-electron chi connectivity index (χ3n) is 5.10. The first-order valence-corrected chi connectivity index (χ1v) is 8.55. The fourth-order valence-electron chi connectivity index (χ4n) is 2.87. The molecule has 0 spiro atoms. The molecule has 2 atom stereocenters. The fraction of sp³-hybridized carbons (Fsp3) is 0.647. The summed E-state index contributed by atoms with van der Waals surface area (Å²) in [5.74, 6) is -0.198. The van der Waals surface area contributed by atoms with Crippen molar-refractivity contribution in [2.45, 2.75) is 58.2 Å². The lowest BCUT2D eigenvalue weighted by atomic mass is 9.85. The zero-order chi connectivity index (χ0) is 15.7. The fourth-order valence-corrected chi connectivity index (χ4v) is 3.30. The summed E-state index contributed by atoms with van der Waals surface area (Å²) in [6.45, 7) is 11.9. The third kappa shape index (κ3) is 3.66. The molecule has 21 heavy (non-hydrogen) atoms. The van der Waals surface area contributed by atoms with Gasteiger partial charge in [0.15, 0.2) is 0 Å². The maximum Gasteiger partial charge on any atom is 0.137 e. The van der Waals surface area contributed by atoms with Crippen LogP contribution in [0.2, 0.25) is 0 Å². The summed E-state index contributed by atoms with van der Waals surface area (Å²) in [6, 6.07) is 5.34. The number of nitrogens with one attached hydrogen (secondary N) is 1. The molecule has 1 aliphatic heterocycles. The van der Waals surface area contributed by atoms with E-state index in [-0.39, 0.29) is 16.9 Å². The van der Waals surface area contributed by atoms with Gasteiger partial charge >= 0.3 is 0 Å². The number of nitrogens with zero attached hydrogens (tertiary/aromatic N) is 1. The quantitative estimate of drug-likeness (QED) is 0.863. The van der Waals surface area contributed by atoms with E-state index in [4.69, 9.17) is 0 Å². The number of piperazine rings is 1. The molecule has 4 heteroatoms. The van der Waals surface area contributed by atoms with Gasteiger partial charge in [-0.2, -0.15) is 0 Å². The van der Waals surface area contributed by atoms with Crippen molar-refractivity contribution in [2.24, 2.45) is 0 Å². The average molecular weight is 357 g/mol. The minimum Gasteiger partial charge on any atom is -0.308 e. The van der Waals surface area contributed by atoms with Gasteiger partial charge in [-0.3, -0.25) is 4.90 Å². The molecule has 0 aromatic heterocycles. The first-order valence-electron chi connectivity index (χ1n) is 7.76. The lowest BCUT2D eigenvalue weighted by Crippen LogP contribution is -2.67. The van der Waals surface area contributed by atoms with Gasteiger partial charge in [-0.25, -0.2) is 4.39 Å². The van der Waals surface area contributed by atoms with Crippen molar-refractivity contribution in [1.82, 2.24) is 10.2 Å². The Kier molecular flexibility index (Phi) is 5.11. The summed E-state index contributed by atoms with van der Waals surface area (Å²) in [5, 5.41) is 3.71. The van der Waals surface area contributed by atoms with Crippen LogP contribution in [0.25, 0.3) is 0 Å². The van der Waals surface area contributed by atoms with Crippen molar-refractivity contribution < 1.29 is 4.39 Å². The largest absolute Gasteiger partial charge is 0.308 e. The molecule has 0 aliphatic carbocycles. The van der Waals surface area contributed by atoms with E-state index in [0.29, 0.717) is 4.47 Å². The smallest absolute Gasteiger partial charge is 0.137 e. The summed E-state index contributed by atoms with van der Waals surface area (Å²) >= 11 is 3.29. The van der Waals surface area contributed by atoms with Crippen LogP contribution in [0, 0.1) is 5.82 Å². The van der Waals surface area contributed by atoms with Gasteiger partial charge in [-0.1, -0.05) is 19.9 Å². The minimum atomic E-state index is -0.198. The van der Waals surface area contributed by atoms with Crippen LogP contribution in [0.15, 0.2) is 22.7 Å². The van der Waals surface area contributed by atoms with E-state index in [1.54, 1.807) is 6.07 Å². The van der Waals surface area contributed by atoms with Gasteiger partial charge in [0.1, 0.15) is 5.82 Å². The van der Waals surface area contributed by atoms with Gasteiger partial charge in [0.2, 0.25) is 0 Å². The molecule has 1 heterocycles. The maximum absolute atomic E-state index is 13.4. The number of rotatable bonds is 4. The Balaban J connectivity index is 2.22. The molecule has 1 aliphatic rings. The van der Waals surface area contributed by atoms with Gasteiger partial charge < -0.3 is 5.32 Å². The summed E-state index contributed by atoms with van der Waals surface area (Å²) in [6.07, 6.45) is 2.21. The van der Waals surface area contributed by atoms with Crippen molar-refractivity contribution >= 4 is 15.9 Å². The highest BCUT2D eigenvalue weighted by molar-refractivity contribution is 9.10. The number of hydrogen-bond donors (Lipinski definition) is 1. The molecule has 118 valence electrons. The van der Waals surface area contributed by atoms with Crippen molar-refractivity contribution in [3.05, 3.63) is 34.1 Å². The van der Waals surface area contributed by atoms with Crippen molar-refractivity contribution in [1.29, 1.82) is 0 Å². The Morgan fingerprint density at radius 3 is 2.57 bits per heavy atom. The Morgan fingerprint density at radius 1 is 1.29 bits per heavy atom. The highest BCUT2D eigenvalue weighted by Gasteiger charge is 2.40. The lowest BCUT2D eigenvalue weighted by molar-refractivity contribution is 0.0104. The highest BCUT2D eigenvalue weighted by Crippen LogP contribution is 2.30. The van der Waals surface area contributed by atoms with E-state index in [1.165, 1.54) is 0 Å². The highest BCUT2D eigenvalue weighted by atomic mass is 79.9. The zero-order valence-corrected chi connectivity index (χ0v) is 15.1. The molecule has 0 radical (unpaired) electrons. The predicted octanol–water partition coefficient (Wildman–Crippen LogP) is 4.33. The van der Waals surface area contributed by atoms with E-state index in [1.807, 2.05) is 12.1 Å². The van der Waals surface area contributed by atoms with E-state index in [2.05, 4.69) is 53.8 Å². The molecule has 0 saturated carbocycles. The lowest BCUT2D eigenvalue weighted by Gasteiger charge is -2.52. The van der Waals surface area contributed by atoms with Gasteiger partial charge in [-0.15, -0.1) is 0 Å². The maximum atomic E-state index is 13.4. The molecule has 2 unspecified atom stereocenters. The second kappa shape index (κ2) is 6.35. The molecule has 1 aromatic carbocycles. The van der Waals surface area contributed by atoms with Gasteiger partial charge in [0, 0.05) is 30.7 Å². The van der Waals surface area contributed by atoms with Crippen LogP contribution in [0.1, 0.15) is 46.1 Å². The SMILES string of the molecule is CCC1(C)CN(Cc2ccc(F)c(Br)c2)C(C)(CC)CN1. The van der Waals surface area contributed by atoms with Crippen LogP contribution in [0.4, 0.5) is 4.39 Å². The summed E-state index contributed by atoms with van der Waals surface area (Å²) in [7, 11) is 0. The van der Waals surface area contributed by atoms with Gasteiger partial charge in [-0.05, 0) is 60.3 Å². The van der Waals surface area contributed by atoms with Crippen LogP contribution in [-0.4, -0.2) is 29.1 Å². The van der Waals surface area contributed by atoms with Crippen LogP contribution in [0.5, 0.6) is 0 Å². The molecule has 2 nitrogen and oxygen atoms in total. The monoisotopic (exact) mass is 356 g/mol. The topological polar surface area (TPSA) is 15.3 Å². The van der Waals surface area contributed by atoms with E-state index in [0.717, 1.165) is 38.0 Å². The van der Waals surface area contributed by atoms with E-state index < -0.39 is 0 Å². The Labute approximate surface area is 136 Å². The standard InChI is InChI=1S/C17H26BrFN2/c1-5-16(3)12-21(17(4,6-2)11-20-16)10-13-7-8-15(19)14(18)9-13/h7-9,20H,5-6,10-12H2,1-4H3. The van der Waals surface area contributed by atoms with E-state index in [9.17, 15) is 4.39 Å². The summed E-state index contributed by atoms with van der Waals surface area (Å²) < 4.78 is 14.0. The van der Waals surface area contributed by atoms with Crippen molar-refractivity contribution in [3.63, 3.8) is 0 Å². The molecule has 1 saturated heterocycles. The number of benzene rings is 1. The first-order chi connectivity index (χ1) is 9.82. The average Bonchev–Trinajstić information content (AvgIpc) is 2.47. The zero-order valence-electron chi connectivity index (χ0n) is 13.5. The molecule has 0 amide bonds. The molecular weight excluding hydrogens is 331 g/mol. The summed E-state index contributed by atoms with van der Waals surface area (Å²) in [5.41, 5.74) is 1.46. The Bertz CT molecular complexity index is 508.